The molecule has 0 fully saturated rings. The topological polar surface area (TPSA) is 99.8 Å². The van der Waals surface area contributed by atoms with E-state index in [2.05, 4.69) is 125 Å². The number of benzene rings is 6. The van der Waals surface area contributed by atoms with Crippen molar-refractivity contribution in [2.24, 2.45) is 0 Å². The summed E-state index contributed by atoms with van der Waals surface area (Å²) in [5, 5.41) is 21.8. The summed E-state index contributed by atoms with van der Waals surface area (Å²) >= 11 is 0. The predicted molar refractivity (Wildman–Crippen MR) is 210 cm³/mol. The minimum atomic E-state index is -0.874. The second-order valence-corrected chi connectivity index (χ2v) is 12.7. The molecule has 0 saturated heterocycles. The van der Waals surface area contributed by atoms with Gasteiger partial charge in [-0.2, -0.15) is 0 Å². The summed E-state index contributed by atoms with van der Waals surface area (Å²) in [6, 6.07) is 57.4. The summed E-state index contributed by atoms with van der Waals surface area (Å²) in [6.45, 7) is 2.51. The van der Waals surface area contributed by atoms with Gasteiger partial charge < -0.3 is 10.1 Å². The molecule has 9 nitrogen and oxygen atoms in total. The number of para-hydroxylation sites is 1. The first-order valence-electron chi connectivity index (χ1n) is 17.9. The van der Waals surface area contributed by atoms with Crippen molar-refractivity contribution in [2.75, 3.05) is 11.9 Å². The Morgan fingerprint density at radius 3 is 1.78 bits per heavy atom. The number of esters is 1. The molecule has 0 aliphatic carbocycles. The van der Waals surface area contributed by atoms with Crippen LogP contribution in [0.15, 0.2) is 176 Å². The number of aromatic nitrogens is 6. The first-order chi connectivity index (χ1) is 26.7. The molecule has 2 heterocycles. The molecule has 0 spiro atoms. The van der Waals surface area contributed by atoms with Crippen LogP contribution in [-0.4, -0.2) is 42.6 Å². The second kappa shape index (κ2) is 15.2. The molecule has 6 aromatic carbocycles. The van der Waals surface area contributed by atoms with E-state index in [1.807, 2.05) is 65.3 Å². The van der Waals surface area contributed by atoms with Crippen molar-refractivity contribution in [2.45, 2.75) is 19.0 Å². The summed E-state index contributed by atoms with van der Waals surface area (Å²) in [7, 11) is 0. The van der Waals surface area contributed by atoms with Crippen molar-refractivity contribution < 1.29 is 9.53 Å². The third kappa shape index (κ3) is 6.43. The molecule has 54 heavy (non-hydrogen) atoms. The van der Waals surface area contributed by atoms with Crippen LogP contribution in [0, 0.1) is 0 Å². The highest BCUT2D eigenvalue weighted by molar-refractivity contribution is 5.94. The number of hydrogen-bond donors (Lipinski definition) is 1. The molecule has 0 aliphatic heterocycles. The quantitative estimate of drug-likeness (QED) is 0.100. The van der Waals surface area contributed by atoms with Crippen molar-refractivity contribution in [1.29, 1.82) is 0 Å². The number of anilines is 1. The van der Waals surface area contributed by atoms with Crippen LogP contribution in [-0.2, 0) is 16.8 Å². The minimum Gasteiger partial charge on any atom is -0.462 e. The number of ether oxygens (including phenoxy) is 1. The number of nitrogens with zero attached hydrogens (tertiary/aromatic N) is 6. The Morgan fingerprint density at radius 2 is 1.20 bits per heavy atom. The Kier molecular flexibility index (Phi) is 9.58. The third-order valence-corrected chi connectivity index (χ3v) is 9.49. The Morgan fingerprint density at radius 1 is 0.667 bits per heavy atom. The highest BCUT2D eigenvalue weighted by Gasteiger charge is 2.42. The van der Waals surface area contributed by atoms with Crippen molar-refractivity contribution in [3.8, 4) is 28.2 Å². The van der Waals surface area contributed by atoms with E-state index in [0.717, 1.165) is 44.6 Å². The molecular weight excluding hydrogens is 671 g/mol. The van der Waals surface area contributed by atoms with Gasteiger partial charge in [-0.25, -0.2) is 14.2 Å². The van der Waals surface area contributed by atoms with Gasteiger partial charge in [-0.15, -0.1) is 10.2 Å². The maximum absolute atomic E-state index is 12.8. The number of rotatable bonds is 12. The van der Waals surface area contributed by atoms with E-state index in [-0.39, 0.29) is 6.61 Å². The standard InChI is InChI=1S/C45H37N7O2/c1-2-54-44(53)41-32-51(38-23-13-6-14-24-38)48-42(41)46-31-33-27-29-34(30-28-33)39-25-15-16-26-40(39)43-47-49-50-52(43)45(35-17-7-3-8-18-35,36-19-9-4-10-20-36)37-21-11-5-12-22-37/h3-30,32H,2,31H2,1H3,(H,46,48). The molecule has 2 aromatic heterocycles. The molecule has 0 saturated carbocycles. The zero-order valence-corrected chi connectivity index (χ0v) is 29.7. The lowest BCUT2D eigenvalue weighted by Gasteiger charge is -2.36. The van der Waals surface area contributed by atoms with E-state index >= 15 is 0 Å². The van der Waals surface area contributed by atoms with Crippen LogP contribution in [0.1, 0.15) is 39.5 Å². The van der Waals surface area contributed by atoms with Crippen molar-refractivity contribution in [3.05, 3.63) is 204 Å². The highest BCUT2D eigenvalue weighted by atomic mass is 16.5. The zero-order chi connectivity index (χ0) is 36.7. The Balaban J connectivity index is 1.15. The van der Waals surface area contributed by atoms with Gasteiger partial charge in [0, 0.05) is 18.3 Å². The van der Waals surface area contributed by atoms with E-state index in [0.29, 0.717) is 23.8 Å². The largest absolute Gasteiger partial charge is 0.462 e. The predicted octanol–water partition coefficient (Wildman–Crippen LogP) is 8.82. The minimum absolute atomic E-state index is 0.274. The van der Waals surface area contributed by atoms with Crippen LogP contribution in [0.2, 0.25) is 0 Å². The first-order valence-corrected chi connectivity index (χ1v) is 17.9. The van der Waals surface area contributed by atoms with E-state index in [4.69, 9.17) is 15.0 Å². The Bertz CT molecular complexity index is 2370. The van der Waals surface area contributed by atoms with Gasteiger partial charge in [0.05, 0.1) is 12.3 Å². The van der Waals surface area contributed by atoms with Crippen molar-refractivity contribution in [3.63, 3.8) is 0 Å². The van der Waals surface area contributed by atoms with Gasteiger partial charge in [-0.1, -0.05) is 158 Å². The van der Waals surface area contributed by atoms with Crippen LogP contribution < -0.4 is 5.32 Å². The lowest BCUT2D eigenvalue weighted by atomic mass is 9.77. The molecule has 264 valence electrons. The molecule has 8 aromatic rings. The molecule has 1 N–H and O–H groups in total. The average Bonchev–Trinajstić information content (AvgIpc) is 3.91. The summed E-state index contributed by atoms with van der Waals surface area (Å²) in [4.78, 5) is 12.8. The molecule has 8 rings (SSSR count). The lowest BCUT2D eigenvalue weighted by molar-refractivity contribution is 0.0527. The fourth-order valence-corrected chi connectivity index (χ4v) is 6.98. The molecule has 0 radical (unpaired) electrons. The van der Waals surface area contributed by atoms with Gasteiger partial charge in [-0.3, -0.25) is 0 Å². The van der Waals surface area contributed by atoms with Crippen molar-refractivity contribution in [1.82, 2.24) is 30.0 Å². The Hall–Kier alpha value is -7.13. The molecule has 9 heteroatoms. The SMILES string of the molecule is CCOC(=O)c1cn(-c2ccccc2)nc1NCc1ccc(-c2ccccc2-c2nnnn2C(c2ccccc2)(c2ccccc2)c2ccccc2)cc1. The van der Waals surface area contributed by atoms with E-state index in [1.165, 1.54) is 0 Å². The Labute approximate surface area is 313 Å². The molecule has 0 amide bonds. The number of hydrogen-bond acceptors (Lipinski definition) is 7. The maximum Gasteiger partial charge on any atom is 0.343 e. The van der Waals surface area contributed by atoms with Gasteiger partial charge in [0.25, 0.3) is 0 Å². The molecule has 0 unspecified atom stereocenters. The van der Waals surface area contributed by atoms with Crippen molar-refractivity contribution >= 4 is 11.8 Å². The number of tetrazole rings is 1. The molecule has 0 bridgehead atoms. The highest BCUT2D eigenvalue weighted by Crippen LogP contribution is 2.43. The maximum atomic E-state index is 12.8. The van der Waals surface area contributed by atoms with Crippen LogP contribution >= 0.6 is 0 Å². The van der Waals surface area contributed by atoms with Gasteiger partial charge in [0.15, 0.2) is 11.6 Å². The molecule has 0 atom stereocenters. The van der Waals surface area contributed by atoms with E-state index < -0.39 is 11.5 Å². The summed E-state index contributed by atoms with van der Waals surface area (Å²) in [6.07, 6.45) is 1.70. The molecule has 0 aliphatic rings. The van der Waals surface area contributed by atoms with E-state index in [9.17, 15) is 4.79 Å². The van der Waals surface area contributed by atoms with Crippen LogP contribution in [0.3, 0.4) is 0 Å². The monoisotopic (exact) mass is 707 g/mol. The number of nitrogens with one attached hydrogen (secondary N) is 1. The van der Waals surface area contributed by atoms with Gasteiger partial charge in [0.1, 0.15) is 11.1 Å². The normalized spacial score (nSPS) is 11.3. The number of carbonyl (C=O) groups excluding carboxylic acids is 1. The summed E-state index contributed by atoms with van der Waals surface area (Å²) in [5.74, 6) is 0.665. The van der Waals surface area contributed by atoms with Gasteiger partial charge >= 0.3 is 5.97 Å². The molecular formula is C45H37N7O2. The average molecular weight is 708 g/mol. The first kappa shape index (κ1) is 34.0. The smallest absolute Gasteiger partial charge is 0.343 e. The van der Waals surface area contributed by atoms with E-state index in [1.54, 1.807) is 17.8 Å². The zero-order valence-electron chi connectivity index (χ0n) is 29.7. The lowest BCUT2D eigenvalue weighted by Crippen LogP contribution is -2.39. The van der Waals surface area contributed by atoms with Crippen LogP contribution in [0.4, 0.5) is 5.82 Å². The van der Waals surface area contributed by atoms with Gasteiger partial charge in [0.2, 0.25) is 0 Å². The number of carbonyl (C=O) groups is 1. The third-order valence-electron chi connectivity index (χ3n) is 9.49. The summed E-state index contributed by atoms with van der Waals surface area (Å²) in [5.41, 5.74) is 7.35. The second-order valence-electron chi connectivity index (χ2n) is 12.7. The fourth-order valence-electron chi connectivity index (χ4n) is 6.98. The fraction of sp³-hybridized carbons (Fsp3) is 0.0889. The summed E-state index contributed by atoms with van der Waals surface area (Å²) < 4.78 is 8.98. The van der Waals surface area contributed by atoms with Crippen LogP contribution in [0.5, 0.6) is 0 Å². The van der Waals surface area contributed by atoms with Crippen LogP contribution in [0.25, 0.3) is 28.2 Å². The van der Waals surface area contributed by atoms with Gasteiger partial charge in [-0.05, 0) is 62.9 Å².